The Morgan fingerprint density at radius 2 is 2.23 bits per heavy atom. The zero-order valence-corrected chi connectivity index (χ0v) is 11.0. The molecule has 3 rings (SSSR count). The quantitative estimate of drug-likeness (QED) is 0.481. The molecule has 0 aliphatic rings. The van der Waals surface area contributed by atoms with Crippen molar-refractivity contribution >= 4 is 28.7 Å². The van der Waals surface area contributed by atoms with E-state index in [0.29, 0.717) is 0 Å². The molecule has 0 aliphatic carbocycles. The van der Waals surface area contributed by atoms with Crippen LogP contribution in [0.25, 0.3) is 22.4 Å². The van der Waals surface area contributed by atoms with Gasteiger partial charge in [0.05, 0.1) is 22.7 Å². The number of hydrogen-bond donors (Lipinski definition) is 3. The number of carboxylic acids is 1. The summed E-state index contributed by atoms with van der Waals surface area (Å²) in [5.74, 6) is -3.69. The number of hydrogen-bond acceptors (Lipinski definition) is 7. The SMILES string of the molecule is CNc1nc(-c2ncc(F)c3c(C(=O)C(=O)O)c[nH]c23)no1. The minimum Gasteiger partial charge on any atom is -0.475 e. The summed E-state index contributed by atoms with van der Waals surface area (Å²) in [6.45, 7) is 0. The van der Waals surface area contributed by atoms with Gasteiger partial charge in [-0.05, 0) is 0 Å². The van der Waals surface area contributed by atoms with Gasteiger partial charge in [0.2, 0.25) is 5.82 Å². The maximum Gasteiger partial charge on any atom is 0.377 e. The Morgan fingerprint density at radius 1 is 1.45 bits per heavy atom. The van der Waals surface area contributed by atoms with Crippen LogP contribution in [0.5, 0.6) is 0 Å². The number of carbonyl (C=O) groups is 2. The van der Waals surface area contributed by atoms with Crippen LogP contribution in [0.15, 0.2) is 16.9 Å². The van der Waals surface area contributed by atoms with Crippen LogP contribution in [0.4, 0.5) is 10.4 Å². The smallest absolute Gasteiger partial charge is 0.377 e. The molecule has 9 nitrogen and oxygen atoms in total. The van der Waals surface area contributed by atoms with Gasteiger partial charge in [-0.25, -0.2) is 14.2 Å². The summed E-state index contributed by atoms with van der Waals surface area (Å²) in [5, 5.41) is 14.9. The third kappa shape index (κ3) is 1.97. The van der Waals surface area contributed by atoms with Gasteiger partial charge < -0.3 is 19.9 Å². The van der Waals surface area contributed by atoms with E-state index in [2.05, 4.69) is 25.4 Å². The summed E-state index contributed by atoms with van der Waals surface area (Å²) in [7, 11) is 1.57. The van der Waals surface area contributed by atoms with Crippen LogP contribution in [0, 0.1) is 5.82 Å². The van der Waals surface area contributed by atoms with Crippen molar-refractivity contribution in [3.05, 3.63) is 23.8 Å². The Morgan fingerprint density at radius 3 is 2.86 bits per heavy atom. The van der Waals surface area contributed by atoms with E-state index in [9.17, 15) is 14.0 Å². The van der Waals surface area contributed by atoms with Gasteiger partial charge in [0, 0.05) is 13.2 Å². The molecule has 3 aromatic rings. The third-order valence-electron chi connectivity index (χ3n) is 2.95. The predicted octanol–water partition coefficient (Wildman–Crippen LogP) is 1.06. The highest BCUT2D eigenvalue weighted by molar-refractivity contribution is 6.42. The Balaban J connectivity index is 2.24. The van der Waals surface area contributed by atoms with Crippen LogP contribution in [0.1, 0.15) is 10.4 Å². The number of rotatable bonds is 4. The third-order valence-corrected chi connectivity index (χ3v) is 2.95. The van der Waals surface area contributed by atoms with Gasteiger partial charge in [0.15, 0.2) is 5.82 Å². The first kappa shape index (κ1) is 13.7. The van der Waals surface area contributed by atoms with Crippen molar-refractivity contribution in [3.8, 4) is 11.5 Å². The lowest BCUT2D eigenvalue weighted by Gasteiger charge is -1.99. The lowest BCUT2D eigenvalue weighted by atomic mass is 10.1. The van der Waals surface area contributed by atoms with E-state index < -0.39 is 17.6 Å². The van der Waals surface area contributed by atoms with E-state index in [0.717, 1.165) is 12.4 Å². The van der Waals surface area contributed by atoms with E-state index in [1.165, 1.54) is 0 Å². The van der Waals surface area contributed by atoms with E-state index in [1.807, 2.05) is 0 Å². The van der Waals surface area contributed by atoms with Gasteiger partial charge in [0.1, 0.15) is 5.69 Å². The van der Waals surface area contributed by atoms with Crippen molar-refractivity contribution in [1.29, 1.82) is 0 Å². The molecule has 3 heterocycles. The molecule has 3 aromatic heterocycles. The molecule has 22 heavy (non-hydrogen) atoms. The first-order valence-electron chi connectivity index (χ1n) is 5.98. The molecule has 10 heteroatoms. The number of ketones is 1. The molecule has 0 unspecified atom stereocenters. The summed E-state index contributed by atoms with van der Waals surface area (Å²) < 4.78 is 18.8. The number of carboxylic acid groups (broad SMARTS) is 1. The first-order valence-corrected chi connectivity index (χ1v) is 5.98. The van der Waals surface area contributed by atoms with Crippen LogP contribution in [-0.4, -0.2) is 44.0 Å². The van der Waals surface area contributed by atoms with Gasteiger partial charge in [-0.2, -0.15) is 4.98 Å². The molecule has 0 aliphatic heterocycles. The van der Waals surface area contributed by atoms with Crippen molar-refractivity contribution in [3.63, 3.8) is 0 Å². The topological polar surface area (TPSA) is 134 Å². The minimum atomic E-state index is -1.68. The fourth-order valence-corrected chi connectivity index (χ4v) is 1.99. The molecular formula is C12H8FN5O4. The Hall–Kier alpha value is -3.30. The lowest BCUT2D eigenvalue weighted by molar-refractivity contribution is -0.131. The monoisotopic (exact) mass is 305 g/mol. The van der Waals surface area contributed by atoms with E-state index in [-0.39, 0.29) is 34.0 Å². The molecule has 0 aromatic carbocycles. The maximum absolute atomic E-state index is 14.0. The zero-order valence-electron chi connectivity index (χ0n) is 11.0. The normalized spacial score (nSPS) is 10.8. The zero-order chi connectivity index (χ0) is 15.9. The molecule has 0 spiro atoms. The molecule has 0 saturated heterocycles. The number of anilines is 1. The van der Waals surface area contributed by atoms with Crippen molar-refractivity contribution in [2.24, 2.45) is 0 Å². The average molecular weight is 305 g/mol. The molecule has 0 amide bonds. The number of carbonyl (C=O) groups excluding carboxylic acids is 1. The van der Waals surface area contributed by atoms with Crippen molar-refractivity contribution in [1.82, 2.24) is 20.1 Å². The molecule has 3 N–H and O–H groups in total. The number of fused-ring (bicyclic) bond motifs is 1. The number of aliphatic carboxylic acids is 1. The molecular weight excluding hydrogens is 297 g/mol. The number of H-pyrrole nitrogens is 1. The van der Waals surface area contributed by atoms with Crippen LogP contribution >= 0.6 is 0 Å². The maximum atomic E-state index is 14.0. The standard InChI is InChI=1S/C12H8FN5O4/c1-14-12-17-10(18-22-12)8-7-6(5(13)3-16-8)4(2-15-7)9(19)11(20)21/h2-3,15H,1H3,(H,20,21)(H,14,17,18). The highest BCUT2D eigenvalue weighted by Crippen LogP contribution is 2.29. The van der Waals surface area contributed by atoms with Gasteiger partial charge in [-0.3, -0.25) is 4.79 Å². The van der Waals surface area contributed by atoms with E-state index in [1.54, 1.807) is 7.05 Å². The Bertz CT molecular complexity index is 900. The van der Waals surface area contributed by atoms with Gasteiger partial charge in [-0.15, -0.1) is 0 Å². The number of nitrogens with one attached hydrogen (secondary N) is 2. The summed E-state index contributed by atoms with van der Waals surface area (Å²) in [6, 6.07) is 0.127. The molecule has 0 atom stereocenters. The van der Waals surface area contributed by atoms with Crippen LogP contribution < -0.4 is 5.32 Å². The van der Waals surface area contributed by atoms with Crippen LogP contribution in [0.3, 0.4) is 0 Å². The largest absolute Gasteiger partial charge is 0.475 e. The second kappa shape index (κ2) is 4.91. The summed E-state index contributed by atoms with van der Waals surface area (Å²) in [5.41, 5.74) is -0.0693. The number of pyridine rings is 1. The van der Waals surface area contributed by atoms with E-state index >= 15 is 0 Å². The highest BCUT2D eigenvalue weighted by Gasteiger charge is 2.24. The first-order chi connectivity index (χ1) is 10.5. The summed E-state index contributed by atoms with van der Waals surface area (Å²) >= 11 is 0. The summed E-state index contributed by atoms with van der Waals surface area (Å²) in [4.78, 5) is 32.9. The van der Waals surface area contributed by atoms with Gasteiger partial charge >= 0.3 is 12.0 Å². The Kier molecular flexibility index (Phi) is 3.05. The molecule has 0 radical (unpaired) electrons. The number of aromatic nitrogens is 4. The number of halogens is 1. The van der Waals surface area contributed by atoms with Gasteiger partial charge in [-0.1, -0.05) is 5.16 Å². The molecule has 0 fully saturated rings. The lowest BCUT2D eigenvalue weighted by Crippen LogP contribution is -2.12. The van der Waals surface area contributed by atoms with Crippen LogP contribution in [-0.2, 0) is 4.79 Å². The minimum absolute atomic E-state index is 0.0607. The van der Waals surface area contributed by atoms with Crippen LogP contribution in [0.2, 0.25) is 0 Å². The number of Topliss-reactive ketones (excluding diaryl/α,β-unsaturated/α-hetero) is 1. The Labute approximate surface area is 121 Å². The fraction of sp³-hybridized carbons (Fsp3) is 0.0833. The second-order valence-electron chi connectivity index (χ2n) is 4.21. The molecule has 0 saturated carbocycles. The highest BCUT2D eigenvalue weighted by atomic mass is 19.1. The van der Waals surface area contributed by atoms with Gasteiger partial charge in [0.25, 0.3) is 5.78 Å². The fourth-order valence-electron chi connectivity index (χ4n) is 1.99. The summed E-state index contributed by atoms with van der Waals surface area (Å²) in [6.07, 6.45) is 1.97. The van der Waals surface area contributed by atoms with Crippen molar-refractivity contribution in [2.45, 2.75) is 0 Å². The number of nitrogens with zero attached hydrogens (tertiary/aromatic N) is 3. The van der Waals surface area contributed by atoms with Crippen molar-refractivity contribution in [2.75, 3.05) is 12.4 Å². The van der Waals surface area contributed by atoms with Crippen molar-refractivity contribution < 1.29 is 23.6 Å². The predicted molar refractivity (Wildman–Crippen MR) is 70.9 cm³/mol. The van der Waals surface area contributed by atoms with E-state index in [4.69, 9.17) is 9.63 Å². The molecule has 112 valence electrons. The second-order valence-corrected chi connectivity index (χ2v) is 4.21. The number of aromatic amines is 1. The molecule has 0 bridgehead atoms. The average Bonchev–Trinajstić information content (AvgIpc) is 3.14.